The molecule has 1 aliphatic carbocycles. The third kappa shape index (κ3) is 1.08. The molecular weight excluding hydrogens is 164 g/mol. The van der Waals surface area contributed by atoms with Gasteiger partial charge in [0.15, 0.2) is 0 Å². The van der Waals surface area contributed by atoms with Crippen LogP contribution in [0.25, 0.3) is 0 Å². The molecule has 0 aromatic carbocycles. The molecule has 12 heavy (non-hydrogen) atoms. The second kappa shape index (κ2) is 3.14. The highest BCUT2D eigenvalue weighted by Gasteiger charge is 2.27. The highest BCUT2D eigenvalue weighted by molar-refractivity contribution is 8.04. The van der Waals surface area contributed by atoms with Gasteiger partial charge in [0, 0.05) is 5.25 Å². The van der Waals surface area contributed by atoms with Gasteiger partial charge in [-0.25, -0.2) is 0 Å². The van der Waals surface area contributed by atoms with Crippen molar-refractivity contribution in [3.8, 4) is 0 Å². The van der Waals surface area contributed by atoms with Gasteiger partial charge in [-0.3, -0.25) is 0 Å². The molecule has 0 N–H and O–H groups in total. The van der Waals surface area contributed by atoms with E-state index in [1.807, 2.05) is 0 Å². The molecule has 0 fully saturated rings. The second-order valence-corrected chi connectivity index (χ2v) is 4.48. The molecule has 0 saturated heterocycles. The predicted molar refractivity (Wildman–Crippen MR) is 56.2 cm³/mol. The minimum absolute atomic E-state index is 0.741. The summed E-state index contributed by atoms with van der Waals surface area (Å²) in [6.07, 6.45) is 9.17. The highest BCUT2D eigenvalue weighted by atomic mass is 32.2. The lowest BCUT2D eigenvalue weighted by atomic mass is 10.0. The highest BCUT2D eigenvalue weighted by Crippen LogP contribution is 2.46. The van der Waals surface area contributed by atoms with Crippen molar-refractivity contribution >= 4 is 11.8 Å². The van der Waals surface area contributed by atoms with E-state index in [-0.39, 0.29) is 0 Å². The van der Waals surface area contributed by atoms with Crippen LogP contribution in [-0.4, -0.2) is 5.25 Å². The van der Waals surface area contributed by atoms with Crippen LogP contribution in [0, 0.1) is 0 Å². The molecular formula is C11H14S. The Bertz CT molecular complexity index is 281. The van der Waals surface area contributed by atoms with Crippen molar-refractivity contribution in [1.29, 1.82) is 0 Å². The van der Waals surface area contributed by atoms with Crippen molar-refractivity contribution in [2.24, 2.45) is 0 Å². The lowest BCUT2D eigenvalue weighted by molar-refractivity contribution is 0.952. The number of rotatable bonds is 2. The minimum atomic E-state index is 0.741. The SMILES string of the molecule is CCC1=C2C=CC=C2C(CC)S1. The molecule has 2 aliphatic rings. The van der Waals surface area contributed by atoms with Crippen molar-refractivity contribution in [1.82, 2.24) is 0 Å². The summed E-state index contributed by atoms with van der Waals surface area (Å²) in [7, 11) is 0. The van der Waals surface area contributed by atoms with Crippen molar-refractivity contribution in [2.75, 3.05) is 0 Å². The molecule has 0 radical (unpaired) electrons. The summed E-state index contributed by atoms with van der Waals surface area (Å²) < 4.78 is 0. The van der Waals surface area contributed by atoms with E-state index in [2.05, 4.69) is 43.8 Å². The first kappa shape index (κ1) is 8.18. The average molecular weight is 178 g/mol. The van der Waals surface area contributed by atoms with E-state index < -0.39 is 0 Å². The topological polar surface area (TPSA) is 0 Å². The van der Waals surface area contributed by atoms with Gasteiger partial charge in [0.25, 0.3) is 0 Å². The molecule has 0 nitrogen and oxygen atoms in total. The zero-order valence-corrected chi connectivity index (χ0v) is 8.45. The molecule has 1 heteroatoms. The Morgan fingerprint density at radius 3 is 2.92 bits per heavy atom. The molecule has 2 rings (SSSR count). The fourth-order valence-corrected chi connectivity index (χ4v) is 3.17. The summed E-state index contributed by atoms with van der Waals surface area (Å²) in [6.45, 7) is 4.52. The van der Waals surface area contributed by atoms with Gasteiger partial charge < -0.3 is 0 Å². The molecule has 0 amide bonds. The van der Waals surface area contributed by atoms with Crippen LogP contribution >= 0.6 is 11.8 Å². The Morgan fingerprint density at radius 2 is 2.25 bits per heavy atom. The standard InChI is InChI=1S/C11H14S/c1-3-10-8-6-5-7-9(8)11(4-2)12-10/h5-7,10H,3-4H2,1-2H3. The van der Waals surface area contributed by atoms with Gasteiger partial charge in [-0.15, -0.1) is 11.8 Å². The zero-order valence-electron chi connectivity index (χ0n) is 7.63. The minimum Gasteiger partial charge on any atom is -0.122 e. The normalized spacial score (nSPS) is 26.5. The fourth-order valence-electron chi connectivity index (χ4n) is 1.84. The summed E-state index contributed by atoms with van der Waals surface area (Å²) in [6, 6.07) is 0. The van der Waals surface area contributed by atoms with Gasteiger partial charge in [-0.1, -0.05) is 32.1 Å². The molecule has 0 aromatic rings. The fraction of sp³-hybridized carbons (Fsp3) is 0.455. The molecule has 0 bridgehead atoms. The van der Waals surface area contributed by atoms with Crippen molar-refractivity contribution in [3.63, 3.8) is 0 Å². The van der Waals surface area contributed by atoms with Crippen LogP contribution in [0.2, 0.25) is 0 Å². The Labute approximate surface area is 78.4 Å². The van der Waals surface area contributed by atoms with Gasteiger partial charge in [-0.05, 0) is 28.9 Å². The van der Waals surface area contributed by atoms with E-state index >= 15 is 0 Å². The maximum atomic E-state index is 2.28. The summed E-state index contributed by atoms with van der Waals surface area (Å²) >= 11 is 2.06. The summed E-state index contributed by atoms with van der Waals surface area (Å²) in [4.78, 5) is 1.59. The molecule has 0 spiro atoms. The summed E-state index contributed by atoms with van der Waals surface area (Å²) in [5.41, 5.74) is 3.09. The van der Waals surface area contributed by atoms with Gasteiger partial charge in [-0.2, -0.15) is 0 Å². The first-order valence-electron chi connectivity index (χ1n) is 4.65. The first-order chi connectivity index (χ1) is 5.86. The number of hydrogen-bond donors (Lipinski definition) is 0. The van der Waals surface area contributed by atoms with Crippen LogP contribution in [0.15, 0.2) is 34.3 Å². The Balaban J connectivity index is 2.32. The first-order valence-corrected chi connectivity index (χ1v) is 5.53. The molecule has 0 aromatic heterocycles. The monoisotopic (exact) mass is 178 g/mol. The maximum absolute atomic E-state index is 2.28. The smallest absolute Gasteiger partial charge is 0.0345 e. The number of allylic oxidation sites excluding steroid dienone is 5. The van der Waals surface area contributed by atoms with Crippen LogP contribution in [0.3, 0.4) is 0 Å². The van der Waals surface area contributed by atoms with Gasteiger partial charge >= 0.3 is 0 Å². The Kier molecular flexibility index (Phi) is 2.14. The van der Waals surface area contributed by atoms with Crippen molar-refractivity contribution < 1.29 is 0 Å². The summed E-state index contributed by atoms with van der Waals surface area (Å²) in [5.74, 6) is 0. The van der Waals surface area contributed by atoms with Crippen LogP contribution < -0.4 is 0 Å². The lowest BCUT2D eigenvalue weighted by Crippen LogP contribution is -1.98. The summed E-state index contributed by atoms with van der Waals surface area (Å²) in [5, 5.41) is 0.741. The maximum Gasteiger partial charge on any atom is 0.0345 e. The zero-order chi connectivity index (χ0) is 8.55. The largest absolute Gasteiger partial charge is 0.122 e. The molecule has 1 unspecified atom stereocenters. The third-order valence-corrected chi connectivity index (χ3v) is 4.14. The van der Waals surface area contributed by atoms with Crippen LogP contribution in [0.5, 0.6) is 0 Å². The molecule has 64 valence electrons. The van der Waals surface area contributed by atoms with Gasteiger partial charge in [0.2, 0.25) is 0 Å². The second-order valence-electron chi connectivity index (χ2n) is 3.19. The number of fused-ring (bicyclic) bond motifs is 1. The van der Waals surface area contributed by atoms with Crippen molar-refractivity contribution in [3.05, 3.63) is 34.3 Å². The van der Waals surface area contributed by atoms with Crippen LogP contribution in [-0.2, 0) is 0 Å². The van der Waals surface area contributed by atoms with E-state index in [1.54, 1.807) is 10.5 Å². The van der Waals surface area contributed by atoms with Crippen LogP contribution in [0.4, 0.5) is 0 Å². The van der Waals surface area contributed by atoms with E-state index in [0.717, 1.165) is 5.25 Å². The van der Waals surface area contributed by atoms with Gasteiger partial charge in [0.05, 0.1) is 0 Å². The Morgan fingerprint density at radius 1 is 1.42 bits per heavy atom. The number of hydrogen-bond acceptors (Lipinski definition) is 1. The molecule has 0 saturated carbocycles. The molecule has 1 heterocycles. The molecule has 1 aliphatic heterocycles. The van der Waals surface area contributed by atoms with E-state index in [9.17, 15) is 0 Å². The van der Waals surface area contributed by atoms with E-state index in [4.69, 9.17) is 0 Å². The van der Waals surface area contributed by atoms with E-state index in [1.165, 1.54) is 18.4 Å². The quantitative estimate of drug-likeness (QED) is 0.621. The predicted octanol–water partition coefficient (Wildman–Crippen LogP) is 3.67. The van der Waals surface area contributed by atoms with Crippen LogP contribution in [0.1, 0.15) is 26.7 Å². The molecule has 1 atom stereocenters. The third-order valence-electron chi connectivity index (χ3n) is 2.47. The van der Waals surface area contributed by atoms with E-state index in [0.29, 0.717) is 0 Å². The van der Waals surface area contributed by atoms with Gasteiger partial charge in [0.1, 0.15) is 0 Å². The average Bonchev–Trinajstić information content (AvgIpc) is 2.63. The number of thioether (sulfide) groups is 1. The Hall–Kier alpha value is -0.430. The van der Waals surface area contributed by atoms with Crippen molar-refractivity contribution in [2.45, 2.75) is 31.9 Å². The lowest BCUT2D eigenvalue weighted by Gasteiger charge is -2.06.